The van der Waals surface area contributed by atoms with Crippen LogP contribution in [0.15, 0.2) is 42.5 Å². The molecule has 114 valence electrons. The molecule has 2 aromatic rings. The van der Waals surface area contributed by atoms with Crippen molar-refractivity contribution in [1.82, 2.24) is 5.32 Å². The molecule has 0 saturated heterocycles. The van der Waals surface area contributed by atoms with Gasteiger partial charge < -0.3 is 10.6 Å². The molecule has 2 rings (SSSR count). The maximum absolute atomic E-state index is 13.0. The van der Waals surface area contributed by atoms with E-state index in [1.54, 1.807) is 6.92 Å². The van der Waals surface area contributed by atoms with Crippen molar-refractivity contribution in [2.75, 3.05) is 5.32 Å². The summed E-state index contributed by atoms with van der Waals surface area (Å²) in [6, 6.07) is 11.6. The maximum Gasteiger partial charge on any atom is 0.313 e. The van der Waals surface area contributed by atoms with Crippen LogP contribution in [0.3, 0.4) is 0 Å². The summed E-state index contributed by atoms with van der Waals surface area (Å²) in [5.74, 6) is -1.90. The van der Waals surface area contributed by atoms with Gasteiger partial charge in [0.2, 0.25) is 0 Å². The number of carbonyl (C=O) groups is 2. The molecular weight excluding hydrogens is 283 g/mol. The second-order valence-electron chi connectivity index (χ2n) is 5.08. The minimum absolute atomic E-state index is 0.273. The standard InChI is InChI=1S/C17H17FN2O2/c1-11-3-5-13(6-4-11)10-19-16(21)17(22)20-15-8-7-14(18)9-12(15)2/h3-9H,10H2,1-2H3,(H,19,21)(H,20,22). The SMILES string of the molecule is Cc1ccc(CNC(=O)C(=O)Nc2ccc(F)cc2C)cc1. The van der Waals surface area contributed by atoms with Crippen molar-refractivity contribution in [2.45, 2.75) is 20.4 Å². The van der Waals surface area contributed by atoms with E-state index >= 15 is 0 Å². The number of amides is 2. The third-order valence-electron chi connectivity index (χ3n) is 3.22. The van der Waals surface area contributed by atoms with E-state index in [0.717, 1.165) is 11.1 Å². The number of hydrogen-bond acceptors (Lipinski definition) is 2. The lowest BCUT2D eigenvalue weighted by atomic mass is 10.1. The summed E-state index contributed by atoms with van der Waals surface area (Å²) in [6.45, 7) is 3.90. The van der Waals surface area contributed by atoms with Crippen LogP contribution < -0.4 is 10.6 Å². The van der Waals surface area contributed by atoms with E-state index in [2.05, 4.69) is 10.6 Å². The molecule has 2 amide bonds. The molecule has 0 spiro atoms. The monoisotopic (exact) mass is 300 g/mol. The van der Waals surface area contributed by atoms with Crippen molar-refractivity contribution in [3.05, 3.63) is 65.0 Å². The first-order chi connectivity index (χ1) is 10.5. The van der Waals surface area contributed by atoms with E-state index in [1.807, 2.05) is 31.2 Å². The Morgan fingerprint density at radius 1 is 1.00 bits per heavy atom. The molecule has 0 aliphatic rings. The minimum atomic E-state index is -0.776. The molecule has 0 atom stereocenters. The molecule has 0 saturated carbocycles. The molecular formula is C17H17FN2O2. The fourth-order valence-corrected chi connectivity index (χ4v) is 1.91. The molecule has 2 N–H and O–H groups in total. The minimum Gasteiger partial charge on any atom is -0.344 e. The molecule has 0 heterocycles. The molecule has 0 bridgehead atoms. The van der Waals surface area contributed by atoms with Crippen LogP contribution in [0, 0.1) is 19.7 Å². The van der Waals surface area contributed by atoms with E-state index in [4.69, 9.17) is 0 Å². The van der Waals surface area contributed by atoms with Crippen LogP contribution in [0.4, 0.5) is 10.1 Å². The molecule has 4 nitrogen and oxygen atoms in total. The fourth-order valence-electron chi connectivity index (χ4n) is 1.91. The predicted octanol–water partition coefficient (Wildman–Crippen LogP) is 2.70. The largest absolute Gasteiger partial charge is 0.344 e. The van der Waals surface area contributed by atoms with Gasteiger partial charge in [-0.1, -0.05) is 29.8 Å². The van der Waals surface area contributed by atoms with Crippen molar-refractivity contribution in [3.8, 4) is 0 Å². The average molecular weight is 300 g/mol. The fraction of sp³-hybridized carbons (Fsp3) is 0.176. The average Bonchev–Trinajstić information content (AvgIpc) is 2.49. The zero-order valence-corrected chi connectivity index (χ0v) is 12.4. The van der Waals surface area contributed by atoms with Gasteiger partial charge >= 0.3 is 11.8 Å². The number of anilines is 1. The zero-order valence-electron chi connectivity index (χ0n) is 12.4. The number of benzene rings is 2. The van der Waals surface area contributed by atoms with Crippen molar-refractivity contribution < 1.29 is 14.0 Å². The highest BCUT2D eigenvalue weighted by atomic mass is 19.1. The second-order valence-corrected chi connectivity index (χ2v) is 5.08. The van der Waals surface area contributed by atoms with Crippen LogP contribution in [-0.4, -0.2) is 11.8 Å². The zero-order chi connectivity index (χ0) is 16.1. The summed E-state index contributed by atoms with van der Waals surface area (Å²) in [7, 11) is 0. The van der Waals surface area contributed by atoms with Crippen molar-refractivity contribution in [3.63, 3.8) is 0 Å². The van der Waals surface area contributed by atoms with Crippen LogP contribution in [0.5, 0.6) is 0 Å². The molecule has 0 fully saturated rings. The van der Waals surface area contributed by atoms with Crippen LogP contribution in [0.1, 0.15) is 16.7 Å². The molecule has 0 radical (unpaired) electrons. The normalized spacial score (nSPS) is 10.1. The summed E-state index contributed by atoms with van der Waals surface area (Å²) in [5.41, 5.74) is 3.00. The highest BCUT2D eigenvalue weighted by molar-refractivity contribution is 6.39. The first-order valence-electron chi connectivity index (χ1n) is 6.86. The third-order valence-corrected chi connectivity index (χ3v) is 3.22. The smallest absolute Gasteiger partial charge is 0.313 e. The van der Waals surface area contributed by atoms with E-state index in [9.17, 15) is 14.0 Å². The van der Waals surface area contributed by atoms with Gasteiger partial charge in [0.25, 0.3) is 0 Å². The van der Waals surface area contributed by atoms with Gasteiger partial charge in [-0.25, -0.2) is 4.39 Å². The summed E-state index contributed by atoms with van der Waals surface area (Å²) in [6.07, 6.45) is 0. The predicted molar refractivity (Wildman–Crippen MR) is 82.8 cm³/mol. The number of nitrogens with one attached hydrogen (secondary N) is 2. The van der Waals surface area contributed by atoms with Crippen LogP contribution in [-0.2, 0) is 16.1 Å². The number of hydrogen-bond donors (Lipinski definition) is 2. The molecule has 0 unspecified atom stereocenters. The van der Waals surface area contributed by atoms with Crippen molar-refractivity contribution in [1.29, 1.82) is 0 Å². The number of halogens is 1. The van der Waals surface area contributed by atoms with Gasteiger partial charge in [-0.05, 0) is 43.2 Å². The Morgan fingerprint density at radius 3 is 2.32 bits per heavy atom. The van der Waals surface area contributed by atoms with Gasteiger partial charge in [-0.2, -0.15) is 0 Å². The number of rotatable bonds is 3. The Hall–Kier alpha value is -2.69. The second kappa shape index (κ2) is 6.85. The first-order valence-corrected chi connectivity index (χ1v) is 6.86. The quantitative estimate of drug-likeness (QED) is 0.856. The topological polar surface area (TPSA) is 58.2 Å². The van der Waals surface area contributed by atoms with Gasteiger partial charge in [0, 0.05) is 12.2 Å². The van der Waals surface area contributed by atoms with Crippen molar-refractivity contribution >= 4 is 17.5 Å². The van der Waals surface area contributed by atoms with Crippen LogP contribution >= 0.6 is 0 Å². The lowest BCUT2D eigenvalue weighted by Gasteiger charge is -2.09. The summed E-state index contributed by atoms with van der Waals surface area (Å²) < 4.78 is 13.0. The number of aryl methyl sites for hydroxylation is 2. The molecule has 22 heavy (non-hydrogen) atoms. The third kappa shape index (κ3) is 4.15. The van der Waals surface area contributed by atoms with Gasteiger partial charge in [0.05, 0.1) is 0 Å². The Bertz CT molecular complexity index is 696. The molecule has 0 aromatic heterocycles. The maximum atomic E-state index is 13.0. The van der Waals surface area contributed by atoms with Crippen LogP contribution in [0.2, 0.25) is 0 Å². The molecule has 0 aliphatic carbocycles. The van der Waals surface area contributed by atoms with E-state index < -0.39 is 11.8 Å². The Morgan fingerprint density at radius 2 is 1.68 bits per heavy atom. The van der Waals surface area contributed by atoms with Gasteiger partial charge in [0.1, 0.15) is 5.82 Å². The highest BCUT2D eigenvalue weighted by Gasteiger charge is 2.14. The van der Waals surface area contributed by atoms with E-state index in [1.165, 1.54) is 18.2 Å². The Balaban J connectivity index is 1.92. The van der Waals surface area contributed by atoms with Gasteiger partial charge in [-0.15, -0.1) is 0 Å². The molecule has 5 heteroatoms. The first kappa shape index (κ1) is 15.7. The van der Waals surface area contributed by atoms with Crippen LogP contribution in [0.25, 0.3) is 0 Å². The lowest BCUT2D eigenvalue weighted by molar-refractivity contribution is -0.136. The summed E-state index contributed by atoms with van der Waals surface area (Å²) >= 11 is 0. The van der Waals surface area contributed by atoms with Gasteiger partial charge in [0.15, 0.2) is 0 Å². The Labute approximate surface area is 128 Å². The Kier molecular flexibility index (Phi) is 4.88. The lowest BCUT2D eigenvalue weighted by Crippen LogP contribution is -2.35. The highest BCUT2D eigenvalue weighted by Crippen LogP contribution is 2.15. The van der Waals surface area contributed by atoms with Gasteiger partial charge in [-0.3, -0.25) is 9.59 Å². The number of carbonyl (C=O) groups excluding carboxylic acids is 2. The molecule has 2 aromatic carbocycles. The molecule has 0 aliphatic heterocycles. The van der Waals surface area contributed by atoms with E-state index in [-0.39, 0.29) is 12.4 Å². The van der Waals surface area contributed by atoms with Crippen molar-refractivity contribution in [2.24, 2.45) is 0 Å². The summed E-state index contributed by atoms with van der Waals surface area (Å²) in [4.78, 5) is 23.6. The van der Waals surface area contributed by atoms with E-state index in [0.29, 0.717) is 11.3 Å². The summed E-state index contributed by atoms with van der Waals surface area (Å²) in [5, 5.41) is 5.01.